The van der Waals surface area contributed by atoms with Crippen LogP contribution in [0.4, 0.5) is 15.3 Å². The quantitative estimate of drug-likeness (QED) is 0.379. The number of piperidine rings is 1. The molecule has 3 heterocycles. The van der Waals surface area contributed by atoms with Gasteiger partial charge < -0.3 is 19.4 Å². The number of benzene rings is 2. The third kappa shape index (κ3) is 4.98. The molecule has 0 radical (unpaired) electrons. The van der Waals surface area contributed by atoms with Crippen molar-refractivity contribution in [2.45, 2.75) is 31.2 Å². The van der Waals surface area contributed by atoms with E-state index in [1.165, 1.54) is 23.1 Å². The number of carbonyl (C=O) groups excluding carboxylic acids is 4. The predicted octanol–water partition coefficient (Wildman–Crippen LogP) is 4.50. The molecule has 3 aliphatic rings. The molecule has 3 saturated heterocycles. The molecule has 214 valence electrons. The fourth-order valence-corrected chi connectivity index (χ4v) is 6.67. The van der Waals surface area contributed by atoms with Crippen molar-refractivity contribution in [2.75, 3.05) is 44.7 Å². The van der Waals surface area contributed by atoms with Gasteiger partial charge in [-0.2, -0.15) is 5.26 Å². The number of nitriles is 1. The van der Waals surface area contributed by atoms with Crippen LogP contribution < -0.4 is 4.90 Å². The Morgan fingerprint density at radius 1 is 1.07 bits per heavy atom. The van der Waals surface area contributed by atoms with Gasteiger partial charge in [-0.05, 0) is 55.7 Å². The molecular formula is C29H29Cl2N5O5. The molecule has 3 fully saturated rings. The van der Waals surface area contributed by atoms with E-state index in [4.69, 9.17) is 27.9 Å². The molecule has 0 saturated carbocycles. The maximum Gasteiger partial charge on any atom is 0.332 e. The van der Waals surface area contributed by atoms with E-state index in [9.17, 15) is 24.4 Å². The lowest BCUT2D eigenvalue weighted by Crippen LogP contribution is -2.55. The van der Waals surface area contributed by atoms with E-state index in [-0.39, 0.29) is 54.0 Å². The molecule has 5 rings (SSSR count). The van der Waals surface area contributed by atoms with E-state index >= 15 is 0 Å². The number of amides is 5. The molecule has 3 atom stereocenters. The minimum atomic E-state index is -1.42. The summed E-state index contributed by atoms with van der Waals surface area (Å²) in [5.74, 6) is -1.84. The Hall–Kier alpha value is -3.81. The zero-order chi connectivity index (χ0) is 29.5. The second-order valence-electron chi connectivity index (χ2n) is 10.5. The van der Waals surface area contributed by atoms with Gasteiger partial charge in [0.2, 0.25) is 0 Å². The molecule has 2 aromatic rings. The summed E-state index contributed by atoms with van der Waals surface area (Å²) in [6, 6.07) is 12.5. The van der Waals surface area contributed by atoms with Crippen LogP contribution in [0.25, 0.3) is 0 Å². The molecule has 41 heavy (non-hydrogen) atoms. The number of hydrogen-bond donors (Lipinski definition) is 0. The summed E-state index contributed by atoms with van der Waals surface area (Å²) in [6.45, 7) is 2.80. The minimum Gasteiger partial charge on any atom is -0.466 e. The van der Waals surface area contributed by atoms with E-state index in [0.29, 0.717) is 30.5 Å². The Labute approximate surface area is 247 Å². The average Bonchev–Trinajstić information content (AvgIpc) is 3.45. The van der Waals surface area contributed by atoms with Crippen molar-refractivity contribution in [3.8, 4) is 6.07 Å². The molecular weight excluding hydrogens is 569 g/mol. The number of imide groups is 1. The summed E-state index contributed by atoms with van der Waals surface area (Å²) < 4.78 is 5.19. The van der Waals surface area contributed by atoms with Gasteiger partial charge in [0.25, 0.3) is 5.91 Å². The third-order valence-corrected chi connectivity index (χ3v) is 8.63. The van der Waals surface area contributed by atoms with Gasteiger partial charge in [-0.25, -0.2) is 14.5 Å². The summed E-state index contributed by atoms with van der Waals surface area (Å²) in [6.07, 6.45) is 1.28. The first-order valence-corrected chi connectivity index (χ1v) is 14.1. The number of hydrogen-bond acceptors (Lipinski definition) is 6. The van der Waals surface area contributed by atoms with Gasteiger partial charge in [0.15, 0.2) is 0 Å². The van der Waals surface area contributed by atoms with Crippen LogP contribution in [0, 0.1) is 17.2 Å². The molecule has 0 N–H and O–H groups in total. The lowest BCUT2D eigenvalue weighted by atomic mass is 9.80. The van der Waals surface area contributed by atoms with E-state index < -0.39 is 29.3 Å². The number of likely N-dealkylation sites (N-methyl/N-ethyl adjacent to an activating group) is 1. The van der Waals surface area contributed by atoms with Crippen LogP contribution in [-0.4, -0.2) is 84.0 Å². The average molecular weight is 598 g/mol. The SMILES string of the molecule is CCOC(=O)C1CCCN(C(=O)N2C[C@@H](c3ccc(C#N)cc3)[C@]3(C2)C(=O)N(c2cc(Cl)cc(Cl)c2)C(=O)N3C)C1. The lowest BCUT2D eigenvalue weighted by molar-refractivity contribution is -0.149. The lowest BCUT2D eigenvalue weighted by Gasteiger charge is -2.35. The summed E-state index contributed by atoms with van der Waals surface area (Å²) in [5.41, 5.74) is -0.0323. The largest absolute Gasteiger partial charge is 0.466 e. The first kappa shape index (κ1) is 28.7. The van der Waals surface area contributed by atoms with Gasteiger partial charge in [-0.3, -0.25) is 9.59 Å². The zero-order valence-corrected chi connectivity index (χ0v) is 24.2. The predicted molar refractivity (Wildman–Crippen MR) is 152 cm³/mol. The third-order valence-electron chi connectivity index (χ3n) is 8.19. The van der Waals surface area contributed by atoms with Crippen LogP contribution in [0.3, 0.4) is 0 Å². The van der Waals surface area contributed by atoms with Gasteiger partial charge in [-0.15, -0.1) is 0 Å². The van der Waals surface area contributed by atoms with Crippen molar-refractivity contribution in [1.29, 1.82) is 5.26 Å². The van der Waals surface area contributed by atoms with E-state index in [0.717, 1.165) is 4.90 Å². The first-order valence-electron chi connectivity index (χ1n) is 13.4. The molecule has 5 amide bonds. The van der Waals surface area contributed by atoms with Gasteiger partial charge >= 0.3 is 18.0 Å². The summed E-state index contributed by atoms with van der Waals surface area (Å²) in [5, 5.41) is 9.84. The number of esters is 1. The number of carbonyl (C=O) groups is 4. The highest BCUT2D eigenvalue weighted by Gasteiger charge is 2.65. The van der Waals surface area contributed by atoms with Crippen molar-refractivity contribution >= 4 is 52.8 Å². The normalized spacial score (nSPS) is 24.3. The Bertz CT molecular complexity index is 1420. The zero-order valence-electron chi connectivity index (χ0n) is 22.7. The van der Waals surface area contributed by atoms with E-state index in [1.54, 1.807) is 48.0 Å². The summed E-state index contributed by atoms with van der Waals surface area (Å²) in [7, 11) is 1.55. The van der Waals surface area contributed by atoms with Crippen molar-refractivity contribution in [3.05, 3.63) is 63.6 Å². The van der Waals surface area contributed by atoms with Crippen LogP contribution in [0.5, 0.6) is 0 Å². The number of nitrogens with zero attached hydrogens (tertiary/aromatic N) is 5. The Morgan fingerprint density at radius 2 is 1.76 bits per heavy atom. The fourth-order valence-electron chi connectivity index (χ4n) is 6.15. The highest BCUT2D eigenvalue weighted by molar-refractivity contribution is 6.35. The molecule has 1 unspecified atom stereocenters. The van der Waals surface area contributed by atoms with Crippen LogP contribution in [0.15, 0.2) is 42.5 Å². The standard InChI is InChI=1S/C29H29Cl2N5O5/c1-3-41-25(37)20-5-4-10-34(15-20)28(40)35-16-24(19-8-6-18(14-32)7-9-19)29(17-35)26(38)36(27(39)33(29)2)23-12-21(30)11-22(31)13-23/h6-9,11-13,20,24H,3-5,10,15-17H2,1-2H3/t20?,24-,29+/m0/s1. The van der Waals surface area contributed by atoms with E-state index in [2.05, 4.69) is 6.07 Å². The molecule has 0 aliphatic carbocycles. The van der Waals surface area contributed by atoms with Crippen LogP contribution in [-0.2, 0) is 14.3 Å². The minimum absolute atomic E-state index is 0.0526. The molecule has 2 aromatic carbocycles. The Morgan fingerprint density at radius 3 is 2.39 bits per heavy atom. The molecule has 12 heteroatoms. The molecule has 3 aliphatic heterocycles. The van der Waals surface area contributed by atoms with Crippen LogP contribution >= 0.6 is 23.2 Å². The Balaban J connectivity index is 1.51. The van der Waals surface area contributed by atoms with Crippen molar-refractivity contribution in [2.24, 2.45) is 5.92 Å². The number of rotatable bonds is 4. The fraction of sp³-hybridized carbons (Fsp3) is 0.414. The van der Waals surface area contributed by atoms with Gasteiger partial charge in [0.1, 0.15) is 5.54 Å². The number of likely N-dealkylation sites (tertiary alicyclic amines) is 2. The number of ether oxygens (including phenoxy) is 1. The highest BCUT2D eigenvalue weighted by atomic mass is 35.5. The molecule has 0 aromatic heterocycles. The van der Waals surface area contributed by atoms with E-state index in [1.807, 2.05) is 0 Å². The number of halogens is 2. The second kappa shape index (κ2) is 11.2. The van der Waals surface area contributed by atoms with Gasteiger partial charge in [0, 0.05) is 42.6 Å². The Kier molecular flexibility index (Phi) is 7.86. The first-order chi connectivity index (χ1) is 19.6. The van der Waals surface area contributed by atoms with Gasteiger partial charge in [0.05, 0.1) is 36.4 Å². The molecule has 0 bridgehead atoms. The second-order valence-corrected chi connectivity index (χ2v) is 11.4. The van der Waals surface area contributed by atoms with Crippen molar-refractivity contribution in [3.63, 3.8) is 0 Å². The van der Waals surface area contributed by atoms with Gasteiger partial charge in [-0.1, -0.05) is 35.3 Å². The van der Waals surface area contributed by atoms with Crippen LogP contribution in [0.2, 0.25) is 10.0 Å². The summed E-state index contributed by atoms with van der Waals surface area (Å²) >= 11 is 12.4. The van der Waals surface area contributed by atoms with Crippen LogP contribution in [0.1, 0.15) is 36.8 Å². The van der Waals surface area contributed by atoms with Crippen molar-refractivity contribution < 1.29 is 23.9 Å². The molecule has 10 nitrogen and oxygen atoms in total. The summed E-state index contributed by atoms with van der Waals surface area (Å²) in [4.78, 5) is 59.9. The monoisotopic (exact) mass is 597 g/mol. The highest BCUT2D eigenvalue weighted by Crippen LogP contribution is 2.47. The van der Waals surface area contributed by atoms with Crippen molar-refractivity contribution in [1.82, 2.24) is 14.7 Å². The topological polar surface area (TPSA) is 114 Å². The number of anilines is 1. The maximum absolute atomic E-state index is 14.4. The maximum atomic E-state index is 14.4. The number of urea groups is 2. The molecule has 1 spiro atoms. The smallest absolute Gasteiger partial charge is 0.332 e.